The van der Waals surface area contributed by atoms with E-state index in [1.165, 1.54) is 0 Å². The summed E-state index contributed by atoms with van der Waals surface area (Å²) in [4.78, 5) is 17.5. The number of pyridine rings is 1. The van der Waals surface area contributed by atoms with Crippen LogP contribution in [0.1, 0.15) is 18.4 Å². The molecule has 3 heterocycles. The first-order valence-electron chi connectivity index (χ1n) is 9.41. The summed E-state index contributed by atoms with van der Waals surface area (Å²) in [7, 11) is 1.59. The molecular formula is C21H20Cl2N2O3. The third-order valence-electron chi connectivity index (χ3n) is 6.53. The van der Waals surface area contributed by atoms with Crippen molar-refractivity contribution in [2.75, 3.05) is 12.4 Å². The lowest BCUT2D eigenvalue weighted by atomic mass is 9.75. The maximum Gasteiger partial charge on any atom is 0.230 e. The van der Waals surface area contributed by atoms with Gasteiger partial charge in [-0.3, -0.25) is 4.79 Å². The van der Waals surface area contributed by atoms with Gasteiger partial charge in [0.25, 0.3) is 0 Å². The van der Waals surface area contributed by atoms with Crippen LogP contribution < -0.4 is 10.1 Å². The average Bonchev–Trinajstić information content (AvgIpc) is 3.05. The number of nitrogens with one attached hydrogen (secondary N) is 1. The first-order chi connectivity index (χ1) is 13.5. The lowest BCUT2D eigenvalue weighted by Crippen LogP contribution is -2.37. The molecule has 1 saturated carbocycles. The number of carbonyl (C=O) groups excluding carboxylic acids is 1. The van der Waals surface area contributed by atoms with Gasteiger partial charge in [0.2, 0.25) is 11.8 Å². The minimum Gasteiger partial charge on any atom is -0.481 e. The Kier molecular flexibility index (Phi) is 4.30. The molecule has 28 heavy (non-hydrogen) atoms. The zero-order valence-corrected chi connectivity index (χ0v) is 16.9. The van der Waals surface area contributed by atoms with E-state index in [1.807, 2.05) is 12.1 Å². The van der Waals surface area contributed by atoms with Crippen LogP contribution in [-0.2, 0) is 9.53 Å². The van der Waals surface area contributed by atoms with Crippen LogP contribution in [-0.4, -0.2) is 30.2 Å². The van der Waals surface area contributed by atoms with Crippen molar-refractivity contribution in [3.63, 3.8) is 0 Å². The number of hydrogen-bond acceptors (Lipinski definition) is 4. The fraction of sp³-hybridized carbons (Fsp3) is 0.429. The molecular weight excluding hydrogens is 399 g/mol. The van der Waals surface area contributed by atoms with Crippen molar-refractivity contribution in [1.82, 2.24) is 4.98 Å². The van der Waals surface area contributed by atoms with Crippen molar-refractivity contribution in [1.29, 1.82) is 0 Å². The van der Waals surface area contributed by atoms with E-state index >= 15 is 0 Å². The van der Waals surface area contributed by atoms with Crippen molar-refractivity contribution in [2.24, 2.45) is 23.7 Å². The number of carbonyl (C=O) groups is 1. The summed E-state index contributed by atoms with van der Waals surface area (Å²) in [6.07, 6.45) is 1.72. The lowest BCUT2D eigenvalue weighted by molar-refractivity contribution is -0.122. The molecule has 7 heteroatoms. The highest BCUT2D eigenvalue weighted by molar-refractivity contribution is 6.42. The molecule has 1 N–H and O–H groups in total. The maximum absolute atomic E-state index is 13.3. The molecule has 146 valence electrons. The predicted octanol–water partition coefficient (Wildman–Crippen LogP) is 4.40. The summed E-state index contributed by atoms with van der Waals surface area (Å²) in [5.74, 6) is 1.80. The molecule has 1 aliphatic carbocycles. The third-order valence-corrected chi connectivity index (χ3v) is 7.27. The van der Waals surface area contributed by atoms with E-state index in [0.717, 1.165) is 5.56 Å². The Morgan fingerprint density at radius 2 is 1.93 bits per heavy atom. The summed E-state index contributed by atoms with van der Waals surface area (Å²) < 4.78 is 11.6. The van der Waals surface area contributed by atoms with Gasteiger partial charge in [-0.2, -0.15) is 0 Å². The second-order valence-electron chi connectivity index (χ2n) is 7.88. The first-order valence-corrected chi connectivity index (χ1v) is 10.2. The number of hydrogen-bond donors (Lipinski definition) is 1. The Bertz CT molecular complexity index is 953. The summed E-state index contributed by atoms with van der Waals surface area (Å²) >= 11 is 12.1. The summed E-state index contributed by atoms with van der Waals surface area (Å²) in [6.45, 7) is 2.25. The fourth-order valence-corrected chi connectivity index (χ4v) is 5.53. The Labute approximate surface area is 173 Å². The fourth-order valence-electron chi connectivity index (χ4n) is 5.23. The zero-order chi connectivity index (χ0) is 19.6. The molecule has 1 amide bonds. The number of amides is 1. The van der Waals surface area contributed by atoms with E-state index in [-0.39, 0.29) is 30.0 Å². The molecule has 3 fully saturated rings. The summed E-state index contributed by atoms with van der Waals surface area (Å²) in [6, 6.07) is 8.98. The highest BCUT2D eigenvalue weighted by Crippen LogP contribution is 2.68. The minimum atomic E-state index is -0.266. The maximum atomic E-state index is 13.3. The van der Waals surface area contributed by atoms with Gasteiger partial charge in [0.1, 0.15) is 0 Å². The Morgan fingerprint density at radius 1 is 1.14 bits per heavy atom. The molecule has 2 aliphatic heterocycles. The van der Waals surface area contributed by atoms with Crippen LogP contribution in [0.5, 0.6) is 5.88 Å². The van der Waals surface area contributed by atoms with Crippen LogP contribution in [0.4, 0.5) is 5.69 Å². The van der Waals surface area contributed by atoms with E-state index < -0.39 is 0 Å². The minimum absolute atomic E-state index is 0.0177. The van der Waals surface area contributed by atoms with Gasteiger partial charge in [-0.1, -0.05) is 30.1 Å². The van der Waals surface area contributed by atoms with Crippen molar-refractivity contribution >= 4 is 34.8 Å². The summed E-state index contributed by atoms with van der Waals surface area (Å²) in [5.41, 5.74) is 1.67. The third kappa shape index (κ3) is 2.71. The molecule has 5 nitrogen and oxygen atoms in total. The average molecular weight is 419 g/mol. The van der Waals surface area contributed by atoms with Crippen LogP contribution in [0, 0.1) is 23.7 Å². The molecule has 0 radical (unpaired) electrons. The van der Waals surface area contributed by atoms with Gasteiger partial charge in [-0.25, -0.2) is 4.98 Å². The van der Waals surface area contributed by atoms with Crippen LogP contribution in [0.25, 0.3) is 0 Å². The lowest BCUT2D eigenvalue weighted by Gasteiger charge is -2.27. The number of aromatic nitrogens is 1. The predicted molar refractivity (Wildman–Crippen MR) is 107 cm³/mol. The smallest absolute Gasteiger partial charge is 0.230 e. The molecule has 2 aromatic rings. The zero-order valence-electron chi connectivity index (χ0n) is 15.4. The standard InChI is InChI=1S/C21H20Cl2N2O3/c1-9-15-16(9)20-18(21(26)25-11-3-4-12(22)13(23)8-11)17(19(15)28-20)10-5-6-24-14(7-10)27-2/h3-9,15-20H,1-2H3,(H,25,26)/t9?,15?,16?,17-,18+,19+,20-/m1/s1. The monoisotopic (exact) mass is 418 g/mol. The number of fused-ring (bicyclic) bond motifs is 5. The summed E-state index contributed by atoms with van der Waals surface area (Å²) in [5, 5.41) is 3.88. The Morgan fingerprint density at radius 3 is 2.68 bits per heavy atom. The topological polar surface area (TPSA) is 60.5 Å². The number of ether oxygens (including phenoxy) is 2. The van der Waals surface area contributed by atoms with Gasteiger partial charge >= 0.3 is 0 Å². The number of halogens is 2. The molecule has 0 spiro atoms. The van der Waals surface area contributed by atoms with Gasteiger partial charge in [-0.05, 0) is 47.6 Å². The molecule has 5 rings (SSSR count). The molecule has 3 aliphatic rings. The van der Waals surface area contributed by atoms with E-state index in [4.69, 9.17) is 32.7 Å². The molecule has 1 aromatic heterocycles. The van der Waals surface area contributed by atoms with Crippen LogP contribution >= 0.6 is 23.2 Å². The van der Waals surface area contributed by atoms with Crippen molar-refractivity contribution in [2.45, 2.75) is 25.0 Å². The number of benzene rings is 1. The van der Waals surface area contributed by atoms with E-state index in [9.17, 15) is 4.79 Å². The normalized spacial score (nSPS) is 34.8. The van der Waals surface area contributed by atoms with E-state index in [1.54, 1.807) is 31.5 Å². The second-order valence-corrected chi connectivity index (χ2v) is 8.69. The Hall–Kier alpha value is -1.82. The van der Waals surface area contributed by atoms with Crippen LogP contribution in [0.3, 0.4) is 0 Å². The van der Waals surface area contributed by atoms with Crippen LogP contribution in [0.2, 0.25) is 10.0 Å². The highest BCUT2D eigenvalue weighted by atomic mass is 35.5. The van der Waals surface area contributed by atoms with Gasteiger partial charge in [-0.15, -0.1) is 0 Å². The van der Waals surface area contributed by atoms with Crippen molar-refractivity contribution in [3.8, 4) is 5.88 Å². The first kappa shape index (κ1) is 18.2. The second kappa shape index (κ2) is 6.61. The van der Waals surface area contributed by atoms with Gasteiger partial charge < -0.3 is 14.8 Å². The number of methoxy groups -OCH3 is 1. The number of nitrogens with zero attached hydrogens (tertiary/aromatic N) is 1. The SMILES string of the molecule is COc1cc([C@@H]2[C@H](C(=O)Nc3ccc(Cl)c(Cl)c3)[C@@H]3O[C@H]2C2C(C)C23)ccn1. The van der Waals surface area contributed by atoms with Crippen molar-refractivity contribution < 1.29 is 14.3 Å². The molecule has 3 unspecified atom stereocenters. The van der Waals surface area contributed by atoms with Crippen LogP contribution in [0.15, 0.2) is 36.5 Å². The van der Waals surface area contributed by atoms with Crippen molar-refractivity contribution in [3.05, 3.63) is 52.1 Å². The number of rotatable bonds is 4. The number of anilines is 1. The highest BCUT2D eigenvalue weighted by Gasteiger charge is 2.72. The largest absolute Gasteiger partial charge is 0.481 e. The quantitative estimate of drug-likeness (QED) is 0.798. The Balaban J connectivity index is 1.46. The molecule has 7 atom stereocenters. The van der Waals surface area contributed by atoms with E-state index in [2.05, 4.69) is 17.2 Å². The molecule has 1 aromatic carbocycles. The molecule has 2 bridgehead atoms. The van der Waals surface area contributed by atoms with Gasteiger partial charge in [0, 0.05) is 23.9 Å². The van der Waals surface area contributed by atoms with Gasteiger partial charge in [0.15, 0.2) is 0 Å². The van der Waals surface area contributed by atoms with E-state index in [0.29, 0.717) is 39.4 Å². The molecule has 2 saturated heterocycles. The van der Waals surface area contributed by atoms with Gasteiger partial charge in [0.05, 0.1) is 35.3 Å².